The molecule has 0 aliphatic heterocycles. The maximum Gasteiger partial charge on any atom is 0.258 e. The van der Waals surface area contributed by atoms with Crippen molar-refractivity contribution in [3.05, 3.63) is 35.4 Å². The summed E-state index contributed by atoms with van der Waals surface area (Å²) in [5.41, 5.74) is 0. The van der Waals surface area contributed by atoms with Crippen LogP contribution >= 0.6 is 23.2 Å². The normalized spacial score (nSPS) is 10.8. The molecule has 3 rings (SSSR count). The second-order valence-electron chi connectivity index (χ2n) is 3.15. The summed E-state index contributed by atoms with van der Waals surface area (Å²) in [6.45, 7) is 0. The first-order valence-electron chi connectivity index (χ1n) is 4.69. The lowest BCUT2D eigenvalue weighted by Gasteiger charge is -2.02. The third-order valence-electron chi connectivity index (χ3n) is 1.96. The summed E-state index contributed by atoms with van der Waals surface area (Å²) in [6, 6.07) is 0. The lowest BCUT2D eigenvalue weighted by molar-refractivity contribution is 0.743. The molecule has 90 valence electrons. The van der Waals surface area contributed by atoms with Crippen LogP contribution in [0.15, 0.2) is 25.0 Å². The Balaban J connectivity index is 2.11. The van der Waals surface area contributed by atoms with Crippen molar-refractivity contribution < 1.29 is 0 Å². The second kappa shape index (κ2) is 4.31. The van der Waals surface area contributed by atoms with Gasteiger partial charge in [0.2, 0.25) is 5.28 Å². The van der Waals surface area contributed by atoms with Crippen molar-refractivity contribution in [2.75, 3.05) is 0 Å². The zero-order chi connectivity index (χ0) is 12.5. The molecule has 0 unspecified atom stereocenters. The van der Waals surface area contributed by atoms with Gasteiger partial charge >= 0.3 is 0 Å². The molecule has 0 bridgehead atoms. The first-order valence-corrected chi connectivity index (χ1v) is 5.45. The Kier molecular flexibility index (Phi) is 2.65. The molecule has 0 saturated carbocycles. The van der Waals surface area contributed by atoms with E-state index >= 15 is 0 Å². The summed E-state index contributed by atoms with van der Waals surface area (Å²) >= 11 is 11.6. The van der Waals surface area contributed by atoms with Crippen molar-refractivity contribution in [3.63, 3.8) is 0 Å². The fourth-order valence-corrected chi connectivity index (χ4v) is 1.54. The monoisotopic (exact) mass is 282 g/mol. The van der Waals surface area contributed by atoms with Crippen molar-refractivity contribution in [2.45, 2.75) is 0 Å². The average Bonchev–Trinajstić information content (AvgIpc) is 2.98. The van der Waals surface area contributed by atoms with Crippen LogP contribution in [0.5, 0.6) is 0 Å². The van der Waals surface area contributed by atoms with E-state index in [-0.39, 0.29) is 17.2 Å². The van der Waals surface area contributed by atoms with Crippen LogP contribution in [0.1, 0.15) is 0 Å². The van der Waals surface area contributed by atoms with Gasteiger partial charge in [0.15, 0.2) is 0 Å². The van der Waals surface area contributed by atoms with E-state index in [0.29, 0.717) is 5.02 Å². The quantitative estimate of drug-likeness (QED) is 0.695. The molecule has 3 aromatic heterocycles. The third-order valence-corrected chi connectivity index (χ3v) is 2.33. The SMILES string of the molecule is Clc1cnn(-c2nc(Cl)nc(-n3cncn3)n2)c1. The summed E-state index contributed by atoms with van der Waals surface area (Å²) in [4.78, 5) is 15.8. The summed E-state index contributed by atoms with van der Waals surface area (Å²) in [7, 11) is 0. The zero-order valence-corrected chi connectivity index (χ0v) is 10.2. The number of halogens is 2. The molecule has 0 atom stereocenters. The van der Waals surface area contributed by atoms with Gasteiger partial charge in [-0.25, -0.2) is 9.67 Å². The predicted molar refractivity (Wildman–Crippen MR) is 61.9 cm³/mol. The standard InChI is InChI=1S/C8H4Cl2N8/c9-5-1-12-17(2-5)7-14-6(10)15-8(16-7)18-4-11-3-13-18/h1-4H. The van der Waals surface area contributed by atoms with Gasteiger partial charge in [-0.05, 0) is 11.6 Å². The zero-order valence-electron chi connectivity index (χ0n) is 8.64. The Morgan fingerprint density at radius 3 is 2.33 bits per heavy atom. The van der Waals surface area contributed by atoms with Crippen LogP contribution in [-0.2, 0) is 0 Å². The van der Waals surface area contributed by atoms with Crippen molar-refractivity contribution in [2.24, 2.45) is 0 Å². The fourth-order valence-electron chi connectivity index (χ4n) is 1.26. The highest BCUT2D eigenvalue weighted by atomic mass is 35.5. The highest BCUT2D eigenvalue weighted by molar-refractivity contribution is 6.30. The molecular weight excluding hydrogens is 279 g/mol. The molecule has 0 aromatic carbocycles. The molecule has 0 saturated heterocycles. The molecule has 0 fully saturated rings. The molecule has 0 amide bonds. The lowest BCUT2D eigenvalue weighted by Crippen LogP contribution is -2.09. The van der Waals surface area contributed by atoms with E-state index in [9.17, 15) is 0 Å². The fraction of sp³-hybridized carbons (Fsp3) is 0. The lowest BCUT2D eigenvalue weighted by atomic mass is 10.7. The van der Waals surface area contributed by atoms with E-state index in [0.717, 1.165) is 0 Å². The second-order valence-corrected chi connectivity index (χ2v) is 3.92. The van der Waals surface area contributed by atoms with Crippen molar-refractivity contribution >= 4 is 23.2 Å². The van der Waals surface area contributed by atoms with Gasteiger partial charge in [-0.1, -0.05) is 11.6 Å². The molecule has 8 nitrogen and oxygen atoms in total. The molecule has 0 radical (unpaired) electrons. The Morgan fingerprint density at radius 2 is 1.72 bits per heavy atom. The number of hydrogen-bond acceptors (Lipinski definition) is 6. The van der Waals surface area contributed by atoms with E-state index in [2.05, 4.69) is 30.1 Å². The topological polar surface area (TPSA) is 87.2 Å². The van der Waals surface area contributed by atoms with Gasteiger partial charge in [-0.3, -0.25) is 0 Å². The molecule has 0 N–H and O–H groups in total. The van der Waals surface area contributed by atoms with Gasteiger partial charge in [0.25, 0.3) is 11.9 Å². The van der Waals surface area contributed by atoms with Gasteiger partial charge in [-0.2, -0.15) is 29.8 Å². The van der Waals surface area contributed by atoms with E-state index < -0.39 is 0 Å². The van der Waals surface area contributed by atoms with Crippen LogP contribution in [0, 0.1) is 0 Å². The van der Waals surface area contributed by atoms with Crippen molar-refractivity contribution in [1.29, 1.82) is 0 Å². The molecule has 0 spiro atoms. The van der Waals surface area contributed by atoms with Gasteiger partial charge in [0.1, 0.15) is 12.7 Å². The predicted octanol–water partition coefficient (Wildman–Crippen LogP) is 0.945. The minimum atomic E-state index is 0.0251. The van der Waals surface area contributed by atoms with Gasteiger partial charge < -0.3 is 0 Å². The first-order chi connectivity index (χ1) is 8.72. The van der Waals surface area contributed by atoms with Crippen LogP contribution in [0.25, 0.3) is 11.9 Å². The van der Waals surface area contributed by atoms with Crippen LogP contribution in [0.2, 0.25) is 10.3 Å². The number of rotatable bonds is 2. The number of hydrogen-bond donors (Lipinski definition) is 0. The van der Waals surface area contributed by atoms with Crippen LogP contribution in [-0.4, -0.2) is 39.5 Å². The molecule has 3 aromatic rings. The molecule has 18 heavy (non-hydrogen) atoms. The molecule has 3 heterocycles. The van der Waals surface area contributed by atoms with Crippen LogP contribution in [0.3, 0.4) is 0 Å². The minimum absolute atomic E-state index is 0.0251. The van der Waals surface area contributed by atoms with E-state index in [1.54, 1.807) is 6.20 Å². The van der Waals surface area contributed by atoms with E-state index in [4.69, 9.17) is 23.2 Å². The highest BCUT2D eigenvalue weighted by Crippen LogP contribution is 2.11. The summed E-state index contributed by atoms with van der Waals surface area (Å²) < 4.78 is 2.75. The van der Waals surface area contributed by atoms with Gasteiger partial charge in [-0.15, -0.1) is 0 Å². The highest BCUT2D eigenvalue weighted by Gasteiger charge is 2.09. The minimum Gasteiger partial charge on any atom is -0.223 e. The Morgan fingerprint density at radius 1 is 0.944 bits per heavy atom. The third kappa shape index (κ3) is 2.03. The maximum absolute atomic E-state index is 5.83. The number of aromatic nitrogens is 8. The largest absolute Gasteiger partial charge is 0.258 e. The molecular formula is C8H4Cl2N8. The first kappa shape index (κ1) is 11.1. The average molecular weight is 283 g/mol. The van der Waals surface area contributed by atoms with Crippen LogP contribution < -0.4 is 0 Å². The molecule has 0 aliphatic rings. The van der Waals surface area contributed by atoms with Crippen molar-refractivity contribution in [3.8, 4) is 11.9 Å². The smallest absolute Gasteiger partial charge is 0.223 e. The van der Waals surface area contributed by atoms with E-state index in [1.165, 1.54) is 28.2 Å². The summed E-state index contributed by atoms with van der Waals surface area (Å²) in [5.74, 6) is 0.488. The van der Waals surface area contributed by atoms with Crippen molar-refractivity contribution in [1.82, 2.24) is 39.5 Å². The Hall–Kier alpha value is -2.06. The van der Waals surface area contributed by atoms with Crippen LogP contribution in [0.4, 0.5) is 0 Å². The van der Waals surface area contributed by atoms with Gasteiger partial charge in [0, 0.05) is 0 Å². The Labute approximate surface area is 110 Å². The van der Waals surface area contributed by atoms with E-state index in [1.807, 2.05) is 0 Å². The Bertz CT molecular complexity index is 676. The summed E-state index contributed by atoms with van der Waals surface area (Å²) in [6.07, 6.45) is 5.83. The molecule has 0 aliphatic carbocycles. The maximum atomic E-state index is 5.83. The number of nitrogens with zero attached hydrogens (tertiary/aromatic N) is 8. The molecule has 10 heteroatoms. The van der Waals surface area contributed by atoms with Gasteiger partial charge in [0.05, 0.1) is 17.4 Å². The summed E-state index contributed by atoms with van der Waals surface area (Å²) in [5, 5.41) is 8.38.